The van der Waals surface area contributed by atoms with Crippen molar-refractivity contribution in [1.29, 1.82) is 0 Å². The van der Waals surface area contributed by atoms with Gasteiger partial charge in [0.25, 0.3) is 0 Å². The van der Waals surface area contributed by atoms with Gasteiger partial charge in [0.2, 0.25) is 5.82 Å². The summed E-state index contributed by atoms with van der Waals surface area (Å²) in [5.41, 5.74) is 4.37. The number of nitrogens with one attached hydrogen (secondary N) is 1. The largest absolute Gasteiger partial charge is 0.313 e. The number of rotatable bonds is 10. The molecule has 0 atom stereocenters. The van der Waals surface area contributed by atoms with Gasteiger partial charge in [0.1, 0.15) is 11.5 Å². The number of tetrazole rings is 1. The molecule has 5 rings (SSSR count). The van der Waals surface area contributed by atoms with Crippen LogP contribution in [0.4, 0.5) is 0 Å². The van der Waals surface area contributed by atoms with Gasteiger partial charge < -0.3 is 4.57 Å². The fourth-order valence-electron chi connectivity index (χ4n) is 4.11. The van der Waals surface area contributed by atoms with E-state index < -0.39 is 0 Å². The molecule has 0 radical (unpaired) electrons. The van der Waals surface area contributed by atoms with Crippen molar-refractivity contribution < 1.29 is 0 Å². The van der Waals surface area contributed by atoms with Crippen LogP contribution in [0.15, 0.2) is 71.3 Å². The summed E-state index contributed by atoms with van der Waals surface area (Å²) in [4.78, 5) is 4.89. The second kappa shape index (κ2) is 10.8. The van der Waals surface area contributed by atoms with E-state index >= 15 is 0 Å². The number of aromatic nitrogens is 8. The minimum atomic E-state index is 0.539. The van der Waals surface area contributed by atoms with E-state index in [1.54, 1.807) is 0 Å². The van der Waals surface area contributed by atoms with Gasteiger partial charge in [0.15, 0.2) is 5.82 Å². The molecule has 0 saturated heterocycles. The zero-order valence-corrected chi connectivity index (χ0v) is 21.2. The van der Waals surface area contributed by atoms with Gasteiger partial charge in [0, 0.05) is 29.2 Å². The molecule has 0 bridgehead atoms. The first-order valence-corrected chi connectivity index (χ1v) is 12.7. The van der Waals surface area contributed by atoms with Gasteiger partial charge >= 0.3 is 0 Å². The monoisotopic (exact) mass is 530 g/mol. The molecule has 8 nitrogen and oxygen atoms in total. The Bertz CT molecular complexity index is 1350. The number of nitrogens with zero attached hydrogens (tertiary/aromatic N) is 7. The molecular formula is C26H27BrN8. The van der Waals surface area contributed by atoms with E-state index in [-0.39, 0.29) is 0 Å². The fraction of sp³-hybridized carbons (Fsp3) is 0.269. The van der Waals surface area contributed by atoms with E-state index in [1.165, 1.54) is 11.1 Å². The highest BCUT2D eigenvalue weighted by Gasteiger charge is 2.15. The molecule has 0 spiro atoms. The Morgan fingerprint density at radius 2 is 1.74 bits per heavy atom. The summed E-state index contributed by atoms with van der Waals surface area (Å²) in [7, 11) is 0. The van der Waals surface area contributed by atoms with Crippen molar-refractivity contribution >= 4 is 15.9 Å². The lowest BCUT2D eigenvalue weighted by Gasteiger charge is -2.10. The average Bonchev–Trinajstić information content (AvgIpc) is 3.63. The summed E-state index contributed by atoms with van der Waals surface area (Å²) < 4.78 is 5.03. The molecule has 0 amide bonds. The minimum Gasteiger partial charge on any atom is -0.313 e. The topological polar surface area (TPSA) is 90.1 Å². The summed E-state index contributed by atoms with van der Waals surface area (Å²) in [5, 5.41) is 19.3. The van der Waals surface area contributed by atoms with Crippen molar-refractivity contribution in [3.05, 3.63) is 94.1 Å². The number of hydrogen-bond donors (Lipinski definition) is 1. The van der Waals surface area contributed by atoms with Gasteiger partial charge in [-0.3, -0.25) is 0 Å². The first-order valence-electron chi connectivity index (χ1n) is 11.9. The zero-order chi connectivity index (χ0) is 24.0. The molecule has 1 N–H and O–H groups in total. The second-order valence-electron chi connectivity index (χ2n) is 8.48. The van der Waals surface area contributed by atoms with Crippen LogP contribution >= 0.6 is 15.9 Å². The molecule has 0 aliphatic rings. The van der Waals surface area contributed by atoms with E-state index in [9.17, 15) is 0 Å². The van der Waals surface area contributed by atoms with E-state index in [0.717, 1.165) is 59.6 Å². The number of halogens is 1. The van der Waals surface area contributed by atoms with Gasteiger partial charge in [-0.1, -0.05) is 55.8 Å². The Morgan fingerprint density at radius 1 is 0.914 bits per heavy atom. The van der Waals surface area contributed by atoms with E-state index in [4.69, 9.17) is 10.1 Å². The highest BCUT2D eigenvalue weighted by atomic mass is 79.9. The molecule has 3 aromatic heterocycles. The number of unbranched alkanes of at least 4 members (excludes halogenated alkanes) is 1. The third-order valence-corrected chi connectivity index (χ3v) is 6.61. The van der Waals surface area contributed by atoms with Crippen LogP contribution in [-0.2, 0) is 25.8 Å². The Balaban J connectivity index is 1.34. The number of aryl methyl sites for hydroxylation is 3. The van der Waals surface area contributed by atoms with Gasteiger partial charge in [-0.25, -0.2) is 9.67 Å². The minimum absolute atomic E-state index is 0.539. The summed E-state index contributed by atoms with van der Waals surface area (Å²) in [6.45, 7) is 2.91. The smallest absolute Gasteiger partial charge is 0.222 e. The van der Waals surface area contributed by atoms with Gasteiger partial charge in [-0.15, -0.1) is 10.2 Å². The van der Waals surface area contributed by atoms with Gasteiger partial charge in [-0.05, 0) is 63.3 Å². The third-order valence-electron chi connectivity index (χ3n) is 5.97. The van der Waals surface area contributed by atoms with Crippen LogP contribution in [-0.4, -0.2) is 40.0 Å². The Kier molecular flexibility index (Phi) is 7.13. The molecule has 0 aliphatic carbocycles. The van der Waals surface area contributed by atoms with Crippen molar-refractivity contribution in [2.45, 2.75) is 45.6 Å². The number of aromatic amines is 1. The second-order valence-corrected chi connectivity index (χ2v) is 9.33. The van der Waals surface area contributed by atoms with Crippen LogP contribution in [0.25, 0.3) is 17.2 Å². The van der Waals surface area contributed by atoms with E-state index in [2.05, 4.69) is 96.7 Å². The zero-order valence-electron chi connectivity index (χ0n) is 19.6. The molecule has 178 valence electrons. The molecule has 2 aromatic carbocycles. The van der Waals surface area contributed by atoms with Crippen molar-refractivity contribution in [1.82, 2.24) is 40.0 Å². The van der Waals surface area contributed by atoms with Crippen LogP contribution in [0.2, 0.25) is 0 Å². The standard InChI is InChI=1S/C26H27BrN8/c1-2-3-9-24-28-23(15-12-19-7-5-4-6-8-19)31-35(24)18-20-10-13-21(14-11-20)34-17-16-22(27)25(34)26-29-32-33-30-26/h4-8,10-11,13-14,16-17H,2-3,9,12,15,18H2,1H3,(H,29,30,32,33). The summed E-state index contributed by atoms with van der Waals surface area (Å²) in [5.74, 6) is 2.52. The van der Waals surface area contributed by atoms with E-state index in [1.807, 2.05) is 22.9 Å². The lowest BCUT2D eigenvalue weighted by Crippen LogP contribution is -2.07. The third kappa shape index (κ3) is 5.40. The Hall–Kier alpha value is -3.59. The maximum atomic E-state index is 4.89. The van der Waals surface area contributed by atoms with Crippen LogP contribution in [0, 0.1) is 0 Å². The molecule has 0 aliphatic heterocycles. The molecule has 0 fully saturated rings. The van der Waals surface area contributed by atoms with Crippen LogP contribution in [0.3, 0.4) is 0 Å². The van der Waals surface area contributed by atoms with Crippen molar-refractivity contribution in [2.75, 3.05) is 0 Å². The maximum Gasteiger partial charge on any atom is 0.222 e. The number of benzene rings is 2. The Labute approximate surface area is 212 Å². The number of hydrogen-bond acceptors (Lipinski definition) is 5. The SMILES string of the molecule is CCCCc1nc(CCc2ccccc2)nn1Cc1ccc(-n2ccc(Br)c2-c2nn[nH]n2)cc1. The number of H-pyrrole nitrogens is 1. The Morgan fingerprint density at radius 3 is 2.49 bits per heavy atom. The van der Waals surface area contributed by atoms with E-state index in [0.29, 0.717) is 12.4 Å². The quantitative estimate of drug-likeness (QED) is 0.268. The highest BCUT2D eigenvalue weighted by molar-refractivity contribution is 9.10. The average molecular weight is 531 g/mol. The molecule has 0 saturated carbocycles. The maximum absolute atomic E-state index is 4.89. The molecular weight excluding hydrogens is 504 g/mol. The predicted molar refractivity (Wildman–Crippen MR) is 138 cm³/mol. The van der Waals surface area contributed by atoms with Gasteiger partial charge in [0.05, 0.1) is 6.54 Å². The lowest BCUT2D eigenvalue weighted by atomic mass is 10.1. The molecule has 5 aromatic rings. The molecule has 35 heavy (non-hydrogen) atoms. The highest BCUT2D eigenvalue weighted by Crippen LogP contribution is 2.29. The predicted octanol–water partition coefficient (Wildman–Crippen LogP) is 5.19. The fourth-order valence-corrected chi connectivity index (χ4v) is 4.60. The molecule has 0 unspecified atom stereocenters. The van der Waals surface area contributed by atoms with Gasteiger partial charge in [-0.2, -0.15) is 10.3 Å². The summed E-state index contributed by atoms with van der Waals surface area (Å²) in [6, 6.07) is 21.0. The normalized spacial score (nSPS) is 11.3. The van der Waals surface area contributed by atoms with Crippen LogP contribution in [0.1, 0.15) is 42.5 Å². The van der Waals surface area contributed by atoms with Crippen molar-refractivity contribution in [3.63, 3.8) is 0 Å². The summed E-state index contributed by atoms with van der Waals surface area (Å²) in [6.07, 6.45) is 6.97. The first kappa shape index (κ1) is 23.2. The first-order chi connectivity index (χ1) is 17.2. The molecule has 3 heterocycles. The van der Waals surface area contributed by atoms with Crippen LogP contribution in [0.5, 0.6) is 0 Å². The summed E-state index contributed by atoms with van der Waals surface area (Å²) >= 11 is 3.59. The molecule has 9 heteroatoms. The van der Waals surface area contributed by atoms with Crippen molar-refractivity contribution in [3.8, 4) is 17.2 Å². The van der Waals surface area contributed by atoms with Crippen LogP contribution < -0.4 is 0 Å². The van der Waals surface area contributed by atoms with Crippen molar-refractivity contribution in [2.24, 2.45) is 0 Å². The lowest BCUT2D eigenvalue weighted by molar-refractivity contribution is 0.613.